The Balaban J connectivity index is 0. The minimum absolute atomic E-state index is 1.04. The average Bonchev–Trinajstić information content (AvgIpc) is 2.13. The van der Waals surface area contributed by atoms with E-state index in [0.717, 1.165) is 5.92 Å². The molecule has 1 saturated carbocycles. The molecule has 11 heavy (non-hydrogen) atoms. The lowest BCUT2D eigenvalue weighted by Gasteiger charge is -2.15. The van der Waals surface area contributed by atoms with Gasteiger partial charge in [0.2, 0.25) is 0 Å². The number of halogens is 1. The van der Waals surface area contributed by atoms with Gasteiger partial charge in [-0.1, -0.05) is 68.8 Å². The van der Waals surface area contributed by atoms with Crippen molar-refractivity contribution in [1.29, 1.82) is 0 Å². The van der Waals surface area contributed by atoms with Gasteiger partial charge in [-0.05, 0) is 11.8 Å². The first-order valence-electron chi connectivity index (χ1n) is 4.77. The molecule has 1 heteroatoms. The molecule has 0 atom stereocenters. The van der Waals surface area contributed by atoms with Gasteiger partial charge in [0.1, 0.15) is 0 Å². The Morgan fingerprint density at radius 3 is 1.45 bits per heavy atom. The molecule has 1 rings (SSSR count). The van der Waals surface area contributed by atoms with Crippen molar-refractivity contribution >= 4 is 15.9 Å². The molecule has 0 spiro atoms. The van der Waals surface area contributed by atoms with E-state index in [1.165, 1.54) is 32.1 Å². The summed E-state index contributed by atoms with van der Waals surface area (Å²) in [7, 11) is 0. The van der Waals surface area contributed by atoms with Gasteiger partial charge in [0.05, 0.1) is 0 Å². The van der Waals surface area contributed by atoms with Gasteiger partial charge < -0.3 is 0 Å². The van der Waals surface area contributed by atoms with E-state index in [1.54, 1.807) is 0 Å². The minimum Gasteiger partial charge on any atom is -0.0966 e. The standard InChI is InChI=1S/C7H14.C2H6.CH3Br/c1-7-5-3-2-4-6-7;2*1-2/h7H,2-6H2,1H3;1-2H3;1H3. The first-order chi connectivity index (χ1) is 5.39. The van der Waals surface area contributed by atoms with Crippen LogP contribution in [-0.2, 0) is 0 Å². The van der Waals surface area contributed by atoms with Crippen molar-refractivity contribution in [2.24, 2.45) is 5.92 Å². The highest BCUT2D eigenvalue weighted by molar-refractivity contribution is 9.08. The molecule has 0 aromatic heterocycles. The van der Waals surface area contributed by atoms with E-state index in [9.17, 15) is 0 Å². The van der Waals surface area contributed by atoms with Gasteiger partial charge in [-0.2, -0.15) is 0 Å². The van der Waals surface area contributed by atoms with Gasteiger partial charge in [0.15, 0.2) is 0 Å². The summed E-state index contributed by atoms with van der Waals surface area (Å²) >= 11 is 2.94. The van der Waals surface area contributed by atoms with Crippen molar-refractivity contribution in [2.75, 3.05) is 5.83 Å². The van der Waals surface area contributed by atoms with Crippen LogP contribution in [0.15, 0.2) is 0 Å². The third-order valence-corrected chi connectivity index (χ3v) is 1.89. The summed E-state index contributed by atoms with van der Waals surface area (Å²) in [6.07, 6.45) is 7.44. The van der Waals surface area contributed by atoms with Crippen LogP contribution in [0.5, 0.6) is 0 Å². The van der Waals surface area contributed by atoms with E-state index in [-0.39, 0.29) is 0 Å². The fourth-order valence-electron chi connectivity index (χ4n) is 1.31. The van der Waals surface area contributed by atoms with Gasteiger partial charge in [-0.3, -0.25) is 0 Å². The van der Waals surface area contributed by atoms with Crippen LogP contribution in [0.25, 0.3) is 0 Å². The second-order valence-electron chi connectivity index (χ2n) is 2.74. The highest BCUT2D eigenvalue weighted by Gasteiger charge is 2.05. The molecular formula is C10H23Br. The lowest BCUT2D eigenvalue weighted by Crippen LogP contribution is -1.99. The summed E-state index contributed by atoms with van der Waals surface area (Å²) in [6.45, 7) is 6.36. The monoisotopic (exact) mass is 222 g/mol. The van der Waals surface area contributed by atoms with Crippen LogP contribution < -0.4 is 0 Å². The van der Waals surface area contributed by atoms with Crippen molar-refractivity contribution in [3.8, 4) is 0 Å². The van der Waals surface area contributed by atoms with E-state index in [1.807, 2.05) is 19.7 Å². The molecule has 0 nitrogen and oxygen atoms in total. The third kappa shape index (κ3) is 10.5. The Hall–Kier alpha value is 0.480. The molecule has 0 bridgehead atoms. The van der Waals surface area contributed by atoms with Crippen LogP contribution in [-0.4, -0.2) is 5.83 Å². The molecule has 0 aliphatic heterocycles. The van der Waals surface area contributed by atoms with E-state index in [4.69, 9.17) is 0 Å². The van der Waals surface area contributed by atoms with Crippen LogP contribution in [0.1, 0.15) is 52.9 Å². The summed E-state index contributed by atoms with van der Waals surface area (Å²) in [6, 6.07) is 0. The lowest BCUT2D eigenvalue weighted by molar-refractivity contribution is 0.385. The third-order valence-electron chi connectivity index (χ3n) is 1.89. The second kappa shape index (κ2) is 13.1. The van der Waals surface area contributed by atoms with Crippen LogP contribution in [0, 0.1) is 5.92 Å². The van der Waals surface area contributed by atoms with E-state index in [0.29, 0.717) is 0 Å². The van der Waals surface area contributed by atoms with Crippen LogP contribution in [0.2, 0.25) is 0 Å². The Morgan fingerprint density at radius 2 is 1.27 bits per heavy atom. The molecule has 0 radical (unpaired) electrons. The minimum atomic E-state index is 1.04. The fourth-order valence-corrected chi connectivity index (χ4v) is 1.31. The van der Waals surface area contributed by atoms with Crippen molar-refractivity contribution < 1.29 is 0 Å². The van der Waals surface area contributed by atoms with E-state index >= 15 is 0 Å². The van der Waals surface area contributed by atoms with Crippen LogP contribution in [0.4, 0.5) is 0 Å². The second-order valence-corrected chi connectivity index (χ2v) is 2.74. The lowest BCUT2D eigenvalue weighted by atomic mass is 9.91. The van der Waals surface area contributed by atoms with Crippen molar-refractivity contribution in [3.63, 3.8) is 0 Å². The molecule has 0 heterocycles. The molecular weight excluding hydrogens is 200 g/mol. The summed E-state index contributed by atoms with van der Waals surface area (Å²) < 4.78 is 0. The Bertz CT molecular complexity index is 46.8. The molecule has 1 aliphatic carbocycles. The molecule has 1 fully saturated rings. The molecule has 0 unspecified atom stereocenters. The summed E-state index contributed by atoms with van der Waals surface area (Å²) in [5.74, 6) is 2.85. The smallest absolute Gasteiger partial charge is 0.00848 e. The molecule has 1 aliphatic rings. The normalized spacial score (nSPS) is 17.2. The number of rotatable bonds is 0. The Morgan fingerprint density at radius 1 is 0.909 bits per heavy atom. The zero-order valence-corrected chi connectivity index (χ0v) is 10.1. The van der Waals surface area contributed by atoms with Gasteiger partial charge in [-0.15, -0.1) is 0 Å². The molecule has 0 aromatic rings. The topological polar surface area (TPSA) is 0 Å². The van der Waals surface area contributed by atoms with E-state index in [2.05, 4.69) is 22.9 Å². The van der Waals surface area contributed by atoms with Crippen molar-refractivity contribution in [2.45, 2.75) is 52.9 Å². The molecule has 0 aromatic carbocycles. The highest BCUT2D eigenvalue weighted by atomic mass is 79.9. The van der Waals surface area contributed by atoms with E-state index < -0.39 is 0 Å². The zero-order chi connectivity index (χ0) is 9.11. The average molecular weight is 223 g/mol. The number of hydrogen-bond acceptors (Lipinski definition) is 0. The maximum absolute atomic E-state index is 2.94. The zero-order valence-electron chi connectivity index (χ0n) is 8.49. The number of alkyl halides is 1. The SMILES string of the molecule is CBr.CC.CC1CCCCC1. The largest absolute Gasteiger partial charge is 0.0966 e. The Labute approximate surface area is 80.9 Å². The number of hydrogen-bond donors (Lipinski definition) is 0. The van der Waals surface area contributed by atoms with Gasteiger partial charge in [0, 0.05) is 0 Å². The molecule has 70 valence electrons. The molecule has 0 saturated heterocycles. The highest BCUT2D eigenvalue weighted by Crippen LogP contribution is 2.21. The van der Waals surface area contributed by atoms with Crippen LogP contribution in [0.3, 0.4) is 0 Å². The summed E-state index contributed by atoms with van der Waals surface area (Å²) in [5.41, 5.74) is 0. The molecule has 0 amide bonds. The van der Waals surface area contributed by atoms with Crippen molar-refractivity contribution in [1.82, 2.24) is 0 Å². The molecule has 0 N–H and O–H groups in total. The summed E-state index contributed by atoms with van der Waals surface area (Å²) in [5, 5.41) is 0. The van der Waals surface area contributed by atoms with Gasteiger partial charge in [-0.25, -0.2) is 0 Å². The van der Waals surface area contributed by atoms with Crippen molar-refractivity contribution in [3.05, 3.63) is 0 Å². The van der Waals surface area contributed by atoms with Gasteiger partial charge >= 0.3 is 0 Å². The van der Waals surface area contributed by atoms with Gasteiger partial charge in [0.25, 0.3) is 0 Å². The predicted molar refractivity (Wildman–Crippen MR) is 58.4 cm³/mol. The Kier molecular flexibility index (Phi) is 16.7. The summed E-state index contributed by atoms with van der Waals surface area (Å²) in [4.78, 5) is 0. The first-order valence-corrected chi connectivity index (χ1v) is 6.36. The van der Waals surface area contributed by atoms with Crippen LogP contribution >= 0.6 is 15.9 Å². The predicted octanol–water partition coefficient (Wildman–Crippen LogP) is 4.62. The maximum atomic E-state index is 2.94. The maximum Gasteiger partial charge on any atom is -0.00848 e. The fraction of sp³-hybridized carbons (Fsp3) is 1.00. The first kappa shape index (κ1) is 14.0. The quantitative estimate of drug-likeness (QED) is 0.525.